The van der Waals surface area contributed by atoms with Crippen LogP contribution in [0.3, 0.4) is 0 Å². The number of likely N-dealkylation sites (tertiary alicyclic amines) is 1. The lowest BCUT2D eigenvalue weighted by atomic mass is 9.72. The normalized spacial score (nSPS) is 35.7. The Morgan fingerprint density at radius 3 is 2.29 bits per heavy atom. The second kappa shape index (κ2) is 14.1. The molecule has 8 rings (SSSR count). The third kappa shape index (κ3) is 6.06. The van der Waals surface area contributed by atoms with Crippen molar-refractivity contribution in [3.05, 3.63) is 48.0 Å². The molecule has 1 aromatic rings. The standard InChI is InChI=1S/C43H61N7O7S/c1-7-28-24-43(28,38(55)47-58(56,57)49-21-11-12-22-49)46-35(52)31-25-42-26-50(31)37(54)33(39(3,4)5)45-36(53)32(44-34(51)30-17-9-10-20-48(30)8-2)27-15-13-16-29(23-27)40(42,6)41(42)18-14-19-41/h7,13,15-16,23,28,30-33H,1,8-12,14,17-22,24-26H2,2-6H3,(H,44,51)(H,45,53)(H,46,52)(H,47,55). The maximum absolute atomic E-state index is 15.2. The molecule has 58 heavy (non-hydrogen) atoms. The number of nitrogens with zero attached hydrogens (tertiary/aromatic N) is 3. The zero-order valence-electron chi connectivity index (χ0n) is 34.7. The van der Waals surface area contributed by atoms with Gasteiger partial charge < -0.3 is 20.9 Å². The second-order valence-corrected chi connectivity index (χ2v) is 21.1. The SMILES string of the molecule is C=CC1CC1(NC(=O)C1CC23CN1C(=O)C(C(C)(C)C)NC(=O)C(NC(=O)C1CCCCN1CC)c1cccc(c1)C2(C)C31CCC1)C(=O)NS(=O)(=O)N1CCCC1. The van der Waals surface area contributed by atoms with E-state index in [0.29, 0.717) is 44.3 Å². The van der Waals surface area contributed by atoms with Gasteiger partial charge in [-0.05, 0) is 86.4 Å². The van der Waals surface area contributed by atoms with Gasteiger partial charge >= 0.3 is 10.2 Å². The van der Waals surface area contributed by atoms with Gasteiger partial charge in [-0.2, -0.15) is 12.7 Å². The Morgan fingerprint density at radius 1 is 0.966 bits per heavy atom. The molecule has 8 unspecified atom stereocenters. The molecule has 3 aliphatic carbocycles. The summed E-state index contributed by atoms with van der Waals surface area (Å²) in [5, 5.41) is 9.13. The van der Waals surface area contributed by atoms with Gasteiger partial charge in [0.25, 0.3) is 5.91 Å². The first-order valence-electron chi connectivity index (χ1n) is 21.4. The van der Waals surface area contributed by atoms with Gasteiger partial charge in [-0.25, -0.2) is 4.72 Å². The number of benzene rings is 1. The van der Waals surface area contributed by atoms with Gasteiger partial charge in [0.2, 0.25) is 23.6 Å². The summed E-state index contributed by atoms with van der Waals surface area (Å²) in [4.78, 5) is 76.4. The molecule has 4 N–H and O–H groups in total. The van der Waals surface area contributed by atoms with Crippen LogP contribution in [0.25, 0.3) is 0 Å². The number of hydrogen-bond donors (Lipinski definition) is 4. The van der Waals surface area contributed by atoms with Crippen LogP contribution < -0.4 is 20.7 Å². The van der Waals surface area contributed by atoms with Gasteiger partial charge in [0.05, 0.1) is 6.04 Å². The zero-order valence-corrected chi connectivity index (χ0v) is 35.5. The van der Waals surface area contributed by atoms with Crippen molar-refractivity contribution in [3.63, 3.8) is 0 Å². The maximum Gasteiger partial charge on any atom is 0.303 e. The van der Waals surface area contributed by atoms with Crippen molar-refractivity contribution in [1.29, 1.82) is 0 Å². The minimum Gasteiger partial charge on any atom is -0.342 e. The van der Waals surface area contributed by atoms with E-state index in [-0.39, 0.29) is 30.3 Å². The summed E-state index contributed by atoms with van der Waals surface area (Å²) >= 11 is 0. The number of likely N-dealkylation sites (N-methyl/N-ethyl adjacent to an activating group) is 1. The number of nitrogens with one attached hydrogen (secondary N) is 4. The fraction of sp³-hybridized carbons (Fsp3) is 0.698. The quantitative estimate of drug-likeness (QED) is 0.275. The van der Waals surface area contributed by atoms with Crippen molar-refractivity contribution >= 4 is 39.7 Å². The van der Waals surface area contributed by atoms with Gasteiger partial charge in [0.15, 0.2) is 0 Å². The van der Waals surface area contributed by atoms with E-state index in [1.807, 2.05) is 45.9 Å². The maximum atomic E-state index is 15.2. The van der Waals surface area contributed by atoms with Crippen LogP contribution in [0.4, 0.5) is 0 Å². The lowest BCUT2D eigenvalue weighted by Gasteiger charge is -2.37. The smallest absolute Gasteiger partial charge is 0.303 e. The molecule has 316 valence electrons. The molecule has 6 fully saturated rings. The van der Waals surface area contributed by atoms with Crippen LogP contribution in [-0.2, 0) is 39.6 Å². The number of carbonyl (C=O) groups is 5. The molecular weight excluding hydrogens is 759 g/mol. The monoisotopic (exact) mass is 819 g/mol. The molecule has 4 heterocycles. The molecule has 15 heteroatoms. The summed E-state index contributed by atoms with van der Waals surface area (Å²) < 4.78 is 29.9. The number of amides is 5. The molecule has 3 saturated heterocycles. The molecule has 8 atom stereocenters. The van der Waals surface area contributed by atoms with E-state index in [2.05, 4.69) is 45.1 Å². The molecule has 14 nitrogen and oxygen atoms in total. The van der Waals surface area contributed by atoms with Crippen molar-refractivity contribution in [3.8, 4) is 0 Å². The van der Waals surface area contributed by atoms with E-state index in [1.165, 1.54) is 4.31 Å². The topological polar surface area (TPSA) is 177 Å². The van der Waals surface area contributed by atoms with Gasteiger partial charge in [-0.1, -0.05) is 77.8 Å². The average Bonchev–Trinajstić information content (AvgIpc) is 3.66. The fourth-order valence-electron chi connectivity index (χ4n) is 12.0. The third-order valence-electron chi connectivity index (χ3n) is 15.7. The molecule has 2 spiro atoms. The molecule has 3 saturated carbocycles. The summed E-state index contributed by atoms with van der Waals surface area (Å²) in [6.07, 6.45) is 8.95. The number of fused-ring (bicyclic) bond motifs is 5. The van der Waals surface area contributed by atoms with Crippen molar-refractivity contribution in [2.24, 2.45) is 22.2 Å². The molecule has 4 aliphatic heterocycles. The second-order valence-electron chi connectivity index (χ2n) is 19.4. The van der Waals surface area contributed by atoms with Crippen LogP contribution >= 0.6 is 0 Å². The molecule has 5 amide bonds. The first-order chi connectivity index (χ1) is 27.4. The van der Waals surface area contributed by atoms with Crippen LogP contribution in [0.5, 0.6) is 0 Å². The largest absolute Gasteiger partial charge is 0.342 e. The molecular formula is C43H61N7O7S. The van der Waals surface area contributed by atoms with E-state index in [4.69, 9.17) is 0 Å². The Bertz CT molecular complexity index is 2020. The molecule has 0 radical (unpaired) electrons. The van der Waals surface area contributed by atoms with Crippen molar-refractivity contribution in [2.45, 2.75) is 134 Å². The highest BCUT2D eigenvalue weighted by atomic mass is 32.2. The first-order valence-corrected chi connectivity index (χ1v) is 22.9. The predicted molar refractivity (Wildman–Crippen MR) is 217 cm³/mol. The molecule has 0 aromatic heterocycles. The lowest BCUT2D eigenvalue weighted by molar-refractivity contribution is -0.145. The molecule has 7 aliphatic rings. The van der Waals surface area contributed by atoms with Gasteiger partial charge in [-0.3, -0.25) is 28.9 Å². The van der Waals surface area contributed by atoms with Crippen LogP contribution in [-0.4, -0.2) is 108 Å². The summed E-state index contributed by atoms with van der Waals surface area (Å²) in [7, 11) is -4.12. The van der Waals surface area contributed by atoms with Crippen molar-refractivity contribution in [1.82, 2.24) is 34.8 Å². The molecule has 1 aromatic carbocycles. The van der Waals surface area contributed by atoms with Crippen LogP contribution in [0.2, 0.25) is 0 Å². The van der Waals surface area contributed by atoms with E-state index >= 15 is 4.79 Å². The minimum atomic E-state index is -4.12. The number of piperidine rings is 1. The zero-order chi connectivity index (χ0) is 41.6. The van der Waals surface area contributed by atoms with Crippen LogP contribution in [0, 0.1) is 22.2 Å². The van der Waals surface area contributed by atoms with E-state index < -0.39 is 79.7 Å². The van der Waals surface area contributed by atoms with Crippen molar-refractivity contribution < 1.29 is 32.4 Å². The van der Waals surface area contributed by atoms with E-state index in [1.54, 1.807) is 11.0 Å². The Hall–Kier alpha value is -3.82. The summed E-state index contributed by atoms with van der Waals surface area (Å²) in [6, 6.07) is 4.44. The summed E-state index contributed by atoms with van der Waals surface area (Å²) in [6.45, 7) is 16.2. The molecule has 4 bridgehead atoms. The Morgan fingerprint density at radius 2 is 1.67 bits per heavy atom. The Balaban J connectivity index is 1.16. The summed E-state index contributed by atoms with van der Waals surface area (Å²) in [5.74, 6) is -2.99. The highest BCUT2D eigenvalue weighted by Gasteiger charge is 2.87. The highest BCUT2D eigenvalue weighted by Crippen LogP contribution is 2.88. The number of carbonyl (C=O) groups excluding carboxylic acids is 5. The van der Waals surface area contributed by atoms with E-state index in [0.717, 1.165) is 50.8 Å². The minimum absolute atomic E-state index is 0.175. The predicted octanol–water partition coefficient (Wildman–Crippen LogP) is 2.81. The number of rotatable bonds is 9. The number of hydrogen-bond acceptors (Lipinski definition) is 8. The van der Waals surface area contributed by atoms with Gasteiger partial charge in [0, 0.05) is 36.4 Å². The highest BCUT2D eigenvalue weighted by molar-refractivity contribution is 7.87. The van der Waals surface area contributed by atoms with E-state index in [9.17, 15) is 27.6 Å². The van der Waals surface area contributed by atoms with Crippen LogP contribution in [0.1, 0.15) is 116 Å². The van der Waals surface area contributed by atoms with Gasteiger partial charge in [0.1, 0.15) is 23.7 Å². The Labute approximate surface area is 342 Å². The average molecular weight is 820 g/mol. The third-order valence-corrected chi connectivity index (χ3v) is 17.2. The summed E-state index contributed by atoms with van der Waals surface area (Å²) in [5.41, 5.74) is -1.86. The first kappa shape index (κ1) is 40.9. The van der Waals surface area contributed by atoms with Gasteiger partial charge in [-0.15, -0.1) is 6.58 Å². The Kier molecular flexibility index (Phi) is 9.98. The fourth-order valence-corrected chi connectivity index (χ4v) is 13.3. The van der Waals surface area contributed by atoms with Crippen LogP contribution in [0.15, 0.2) is 36.9 Å². The van der Waals surface area contributed by atoms with Crippen molar-refractivity contribution in [2.75, 3.05) is 32.7 Å². The lowest BCUT2D eigenvalue weighted by Crippen LogP contribution is -2.61.